The van der Waals surface area contributed by atoms with Crippen LogP contribution in [-0.4, -0.2) is 95.4 Å². The Kier molecular flexibility index (Phi) is 53.8. The van der Waals surface area contributed by atoms with Gasteiger partial charge in [-0.3, -0.25) is 9.35 Å². The fourth-order valence-electron chi connectivity index (χ4n) is 11.3. The van der Waals surface area contributed by atoms with Crippen LogP contribution in [0.1, 0.15) is 348 Å². The zero-order valence-electron chi connectivity index (χ0n) is 51.5. The Balaban J connectivity index is 2.26. The molecule has 6 N–H and O–H groups in total. The average molecular weight is 1140 g/mol. The number of hydrogen-bond acceptors (Lipinski definition) is 10. The maximum absolute atomic E-state index is 13.2. The number of carbonyl (C=O) groups is 1. The van der Waals surface area contributed by atoms with Crippen LogP contribution in [0, 0.1) is 0 Å². The summed E-state index contributed by atoms with van der Waals surface area (Å²) in [5.74, 6) is -0.223. The van der Waals surface area contributed by atoms with Crippen molar-refractivity contribution >= 4 is 16.3 Å². The van der Waals surface area contributed by atoms with E-state index in [9.17, 15) is 38.2 Å². The molecule has 0 bridgehead atoms. The molecule has 79 heavy (non-hydrogen) atoms. The fraction of sp³-hybridized carbons (Fsp3) is 0.955. The van der Waals surface area contributed by atoms with Crippen molar-refractivity contribution in [3.63, 3.8) is 0 Å². The number of ether oxygens (including phenoxy) is 2. The highest BCUT2D eigenvalue weighted by Gasteiger charge is 2.48. The monoisotopic (exact) mass is 1140 g/mol. The summed E-state index contributed by atoms with van der Waals surface area (Å²) in [6.07, 6.45) is 60.9. The fourth-order valence-corrected chi connectivity index (χ4v) is 11.9. The van der Waals surface area contributed by atoms with Crippen LogP contribution in [-0.2, 0) is 28.9 Å². The molecule has 13 heteroatoms. The third kappa shape index (κ3) is 47.8. The number of aliphatic hydroxyl groups is 4. The SMILES string of the molecule is CCCCCCCCCCCCCC/C=C\CCCCCCCCCCCCCC(=O)NC(COC1OC(CO)C(O)C(OS(=O)(=O)O)C1O)C(O)CCCCCCCCCCCCCCCCCCCCCCCCCCC. The van der Waals surface area contributed by atoms with Gasteiger partial charge in [-0.25, -0.2) is 4.18 Å². The van der Waals surface area contributed by atoms with Crippen molar-refractivity contribution in [2.75, 3.05) is 13.2 Å². The lowest BCUT2D eigenvalue weighted by Gasteiger charge is -2.41. The molecule has 1 amide bonds. The quantitative estimate of drug-likeness (QED) is 0.0193. The molecule has 1 heterocycles. The third-order valence-electron chi connectivity index (χ3n) is 16.6. The molecule has 1 aliphatic heterocycles. The number of aliphatic hydroxyl groups excluding tert-OH is 4. The van der Waals surface area contributed by atoms with E-state index < -0.39 is 59.9 Å². The highest BCUT2D eigenvalue weighted by molar-refractivity contribution is 7.80. The van der Waals surface area contributed by atoms with Crippen molar-refractivity contribution in [3.05, 3.63) is 12.2 Å². The van der Waals surface area contributed by atoms with E-state index in [4.69, 9.17) is 9.47 Å². The van der Waals surface area contributed by atoms with Gasteiger partial charge in [0.05, 0.1) is 25.4 Å². The Labute approximate surface area is 487 Å². The Morgan fingerprint density at radius 2 is 0.810 bits per heavy atom. The van der Waals surface area contributed by atoms with Gasteiger partial charge in [-0.2, -0.15) is 8.42 Å². The maximum atomic E-state index is 13.2. The largest absolute Gasteiger partial charge is 0.397 e. The Hall–Kier alpha value is -1.16. The van der Waals surface area contributed by atoms with Crippen LogP contribution in [0.4, 0.5) is 0 Å². The Bertz CT molecular complexity index is 1440. The van der Waals surface area contributed by atoms with Crippen LogP contribution in [0.5, 0.6) is 0 Å². The Morgan fingerprint density at radius 3 is 1.14 bits per heavy atom. The molecular formula is C66H129NO11S. The van der Waals surface area contributed by atoms with Crippen molar-refractivity contribution < 1.29 is 51.8 Å². The molecular weight excluding hydrogens is 1010 g/mol. The summed E-state index contributed by atoms with van der Waals surface area (Å²) in [5.41, 5.74) is 0. The lowest BCUT2D eigenvalue weighted by atomic mass is 9.99. The smallest absolute Gasteiger partial charge is 0.394 e. The number of nitrogens with one attached hydrogen (secondary N) is 1. The maximum Gasteiger partial charge on any atom is 0.397 e. The highest BCUT2D eigenvalue weighted by atomic mass is 32.3. The van der Waals surface area contributed by atoms with E-state index in [0.717, 1.165) is 51.4 Å². The molecule has 0 saturated carbocycles. The standard InChI is InChI=1S/C66H129NO11S/c1-3-5-7-9-11-13-15-17-19-21-23-25-27-29-30-32-34-36-38-40-42-44-46-48-50-52-54-56-62(70)67-59(58-76-66-64(72)65(78-79(73,74)75)63(71)61(57-68)77-66)60(69)55-53-51-49-47-45-43-41-39-37-35-33-31-28-26-24-22-20-18-16-14-12-10-8-6-4-2/h29-30,59-61,63-66,68-69,71-72H,3-28,31-58H2,1-2H3,(H,67,70)(H,73,74,75)/b30-29-. The number of amides is 1. The zero-order chi connectivity index (χ0) is 57.5. The molecule has 0 aromatic heterocycles. The first-order valence-electron chi connectivity index (χ1n) is 34.1. The summed E-state index contributed by atoms with van der Waals surface area (Å²) >= 11 is 0. The van der Waals surface area contributed by atoms with Crippen molar-refractivity contribution in [2.24, 2.45) is 0 Å². The summed E-state index contributed by atoms with van der Waals surface area (Å²) in [4.78, 5) is 13.2. The first-order chi connectivity index (χ1) is 38.5. The molecule has 7 unspecified atom stereocenters. The molecule has 0 aromatic rings. The minimum Gasteiger partial charge on any atom is -0.394 e. The molecule has 0 spiro atoms. The van der Waals surface area contributed by atoms with E-state index in [1.165, 1.54) is 270 Å². The first kappa shape index (κ1) is 75.9. The second-order valence-electron chi connectivity index (χ2n) is 24.1. The average Bonchev–Trinajstić information content (AvgIpc) is 3.44. The molecule has 7 atom stereocenters. The summed E-state index contributed by atoms with van der Waals surface area (Å²) in [6, 6.07) is -0.858. The van der Waals surface area contributed by atoms with E-state index in [1.54, 1.807) is 0 Å². The number of carbonyl (C=O) groups excluding carboxylic acids is 1. The second-order valence-corrected chi connectivity index (χ2v) is 25.2. The van der Waals surface area contributed by atoms with Gasteiger partial charge in [0.2, 0.25) is 5.91 Å². The van der Waals surface area contributed by atoms with Gasteiger partial charge < -0.3 is 35.2 Å². The van der Waals surface area contributed by atoms with Crippen molar-refractivity contribution in [3.8, 4) is 0 Å². The molecule has 1 aliphatic rings. The van der Waals surface area contributed by atoms with Gasteiger partial charge in [0.25, 0.3) is 0 Å². The lowest BCUT2D eigenvalue weighted by molar-refractivity contribution is -0.298. The number of hydrogen-bond donors (Lipinski definition) is 6. The van der Waals surface area contributed by atoms with E-state index in [1.807, 2.05) is 0 Å². The molecule has 470 valence electrons. The molecule has 1 saturated heterocycles. The van der Waals surface area contributed by atoms with Gasteiger partial charge in [-0.05, 0) is 38.5 Å². The van der Waals surface area contributed by atoms with Crippen molar-refractivity contribution in [1.82, 2.24) is 5.32 Å². The van der Waals surface area contributed by atoms with E-state index in [-0.39, 0.29) is 12.5 Å². The van der Waals surface area contributed by atoms with Gasteiger partial charge in [0, 0.05) is 6.42 Å². The molecule has 0 aromatic carbocycles. The first-order valence-corrected chi connectivity index (χ1v) is 35.4. The van der Waals surface area contributed by atoms with Crippen LogP contribution in [0.3, 0.4) is 0 Å². The summed E-state index contributed by atoms with van der Waals surface area (Å²) < 4.78 is 48.1. The minimum atomic E-state index is -5.08. The van der Waals surface area contributed by atoms with E-state index in [0.29, 0.717) is 12.8 Å². The molecule has 0 radical (unpaired) electrons. The van der Waals surface area contributed by atoms with Crippen molar-refractivity contribution in [1.29, 1.82) is 0 Å². The summed E-state index contributed by atoms with van der Waals surface area (Å²) in [7, 11) is -5.08. The van der Waals surface area contributed by atoms with Crippen LogP contribution < -0.4 is 5.32 Å². The van der Waals surface area contributed by atoms with Gasteiger partial charge in [-0.1, -0.05) is 315 Å². The normalized spacial score (nSPS) is 18.7. The molecule has 0 aliphatic carbocycles. The van der Waals surface area contributed by atoms with Crippen LogP contribution in [0.15, 0.2) is 12.2 Å². The molecule has 12 nitrogen and oxygen atoms in total. The van der Waals surface area contributed by atoms with Gasteiger partial charge in [0.15, 0.2) is 6.29 Å². The van der Waals surface area contributed by atoms with Gasteiger partial charge in [0.1, 0.15) is 24.4 Å². The topological polar surface area (TPSA) is 192 Å². The van der Waals surface area contributed by atoms with Crippen LogP contribution in [0.25, 0.3) is 0 Å². The predicted molar refractivity (Wildman–Crippen MR) is 329 cm³/mol. The van der Waals surface area contributed by atoms with E-state index >= 15 is 0 Å². The zero-order valence-corrected chi connectivity index (χ0v) is 52.3. The van der Waals surface area contributed by atoms with Crippen molar-refractivity contribution in [2.45, 2.75) is 391 Å². The molecule has 1 fully saturated rings. The third-order valence-corrected chi connectivity index (χ3v) is 17.0. The van der Waals surface area contributed by atoms with Gasteiger partial charge >= 0.3 is 10.4 Å². The number of rotatable bonds is 61. The molecule has 1 rings (SSSR count). The number of allylic oxidation sites excluding steroid dienone is 2. The van der Waals surface area contributed by atoms with E-state index in [2.05, 4.69) is 35.5 Å². The second kappa shape index (κ2) is 56.0. The lowest BCUT2D eigenvalue weighted by Crippen LogP contribution is -2.61. The Morgan fingerprint density at radius 1 is 0.494 bits per heavy atom. The van der Waals surface area contributed by atoms with Crippen LogP contribution >= 0.6 is 0 Å². The van der Waals surface area contributed by atoms with Gasteiger partial charge in [-0.15, -0.1) is 0 Å². The number of unbranched alkanes of at least 4 members (excludes halogenated alkanes) is 47. The summed E-state index contributed by atoms with van der Waals surface area (Å²) in [6.45, 7) is 3.52. The predicted octanol–water partition coefficient (Wildman–Crippen LogP) is 17.4. The summed E-state index contributed by atoms with van der Waals surface area (Å²) in [5, 5.41) is 45.3. The minimum absolute atomic E-state index is 0.223. The van der Waals surface area contributed by atoms with Crippen LogP contribution in [0.2, 0.25) is 0 Å². The highest BCUT2D eigenvalue weighted by Crippen LogP contribution is 2.27.